The molecule has 0 radical (unpaired) electrons. The maximum Gasteiger partial charge on any atom is 0.238 e. The van der Waals surface area contributed by atoms with Crippen molar-refractivity contribution in [3.63, 3.8) is 0 Å². The van der Waals surface area contributed by atoms with Crippen LogP contribution in [0.15, 0.2) is 48.6 Å². The molecule has 8 atom stereocenters. The highest BCUT2D eigenvalue weighted by molar-refractivity contribution is 6.35. The van der Waals surface area contributed by atoms with Crippen molar-refractivity contribution < 1.29 is 18.8 Å². The molecule has 7 heteroatoms. The summed E-state index contributed by atoms with van der Waals surface area (Å²) in [5, 5.41) is 0.787. The van der Waals surface area contributed by atoms with Crippen LogP contribution < -0.4 is 4.90 Å². The van der Waals surface area contributed by atoms with Crippen LogP contribution in [0.1, 0.15) is 34.7 Å². The molecule has 1 aliphatic heterocycles. The van der Waals surface area contributed by atoms with E-state index in [2.05, 4.69) is 12.2 Å². The molecule has 4 fully saturated rings. The zero-order chi connectivity index (χ0) is 23.5. The molecule has 4 unspecified atom stereocenters. The minimum atomic E-state index is -0.604. The first-order chi connectivity index (χ1) is 16.3. The highest BCUT2D eigenvalue weighted by Gasteiger charge is 2.67. The van der Waals surface area contributed by atoms with E-state index in [-0.39, 0.29) is 58.8 Å². The van der Waals surface area contributed by atoms with Crippen LogP contribution in [0.3, 0.4) is 0 Å². The highest BCUT2D eigenvalue weighted by Crippen LogP contribution is 2.65. The van der Waals surface area contributed by atoms with E-state index in [0.29, 0.717) is 39.4 Å². The molecule has 34 heavy (non-hydrogen) atoms. The van der Waals surface area contributed by atoms with E-state index in [0.717, 1.165) is 11.3 Å². The number of hydrogen-bond donors (Lipinski definition) is 0. The number of carbonyl (C=O) groups is 3. The fourth-order valence-electron chi connectivity index (χ4n) is 6.89. The Morgan fingerprint density at radius 1 is 0.882 bits per heavy atom. The van der Waals surface area contributed by atoms with Gasteiger partial charge < -0.3 is 0 Å². The van der Waals surface area contributed by atoms with Crippen LogP contribution in [-0.4, -0.2) is 17.6 Å². The number of allylic oxidation sites excluding steroid dienone is 2. The molecule has 1 saturated heterocycles. The summed E-state index contributed by atoms with van der Waals surface area (Å²) in [6.07, 6.45) is 5.89. The van der Waals surface area contributed by atoms with Crippen LogP contribution in [0, 0.1) is 47.2 Å². The first-order valence-electron chi connectivity index (χ1n) is 11.7. The minimum absolute atomic E-state index is 0.0198. The Balaban J connectivity index is 1.13. The third-order valence-corrected chi connectivity index (χ3v) is 9.01. The Kier molecular flexibility index (Phi) is 4.30. The Hall–Kier alpha value is -2.50. The Morgan fingerprint density at radius 3 is 2.09 bits per heavy atom. The van der Waals surface area contributed by atoms with Crippen LogP contribution in [-0.2, 0) is 9.59 Å². The van der Waals surface area contributed by atoms with Gasteiger partial charge in [-0.25, -0.2) is 9.29 Å². The number of halogens is 3. The number of nitrogens with zero attached hydrogens (tertiary/aromatic N) is 1. The summed E-state index contributed by atoms with van der Waals surface area (Å²) in [6, 6.07) is 9.36. The number of benzene rings is 2. The van der Waals surface area contributed by atoms with E-state index < -0.39 is 5.82 Å². The van der Waals surface area contributed by atoms with Gasteiger partial charge in [0.2, 0.25) is 11.8 Å². The van der Waals surface area contributed by atoms with Gasteiger partial charge in [0.1, 0.15) is 5.82 Å². The summed E-state index contributed by atoms with van der Waals surface area (Å²) in [6.45, 7) is 0. The van der Waals surface area contributed by atoms with Gasteiger partial charge in [-0.05, 0) is 78.3 Å². The van der Waals surface area contributed by atoms with Gasteiger partial charge in [-0.3, -0.25) is 14.4 Å². The van der Waals surface area contributed by atoms with E-state index in [9.17, 15) is 14.4 Å². The lowest BCUT2D eigenvalue weighted by atomic mass is 9.63. The number of hydrogen-bond acceptors (Lipinski definition) is 3. The molecule has 1 heterocycles. The molecule has 8 rings (SSSR count). The Morgan fingerprint density at radius 2 is 1.50 bits per heavy atom. The largest absolute Gasteiger partial charge is 0.294 e. The quantitative estimate of drug-likeness (QED) is 0.311. The van der Waals surface area contributed by atoms with E-state index in [1.54, 1.807) is 24.3 Å². The number of imide groups is 1. The standard InChI is InChI=1S/C27H20Cl2FNO3/c28-13-5-12(6-14(29)8-13)25(32)20-9-17(20)11-1-4-22(21(30)7-11)31-26(33)23-15-2-3-16(19-10-18(15)19)24(23)27(31)34/h1-8,15-20,23-24H,9-10H2/t15-,16?,17?,18?,19-,20?,23-,24+/m1/s1. The van der Waals surface area contributed by atoms with E-state index in [1.165, 1.54) is 12.1 Å². The van der Waals surface area contributed by atoms with Gasteiger partial charge in [-0.2, -0.15) is 0 Å². The molecule has 2 aromatic carbocycles. The van der Waals surface area contributed by atoms with Crippen molar-refractivity contribution in [2.45, 2.75) is 18.8 Å². The number of Topliss-reactive ketones (excluding diaryl/α,β-unsaturated/α-hetero) is 1. The zero-order valence-corrected chi connectivity index (χ0v) is 19.5. The monoisotopic (exact) mass is 495 g/mol. The van der Waals surface area contributed by atoms with Crippen molar-refractivity contribution >= 4 is 46.5 Å². The molecule has 0 N–H and O–H groups in total. The van der Waals surface area contributed by atoms with Crippen molar-refractivity contribution in [1.82, 2.24) is 0 Å². The van der Waals surface area contributed by atoms with Gasteiger partial charge in [0, 0.05) is 21.5 Å². The van der Waals surface area contributed by atoms with Gasteiger partial charge in [-0.15, -0.1) is 0 Å². The van der Waals surface area contributed by atoms with Crippen molar-refractivity contribution in [1.29, 1.82) is 0 Å². The molecular formula is C27H20Cl2FNO3. The molecule has 5 aliphatic carbocycles. The van der Waals surface area contributed by atoms with Crippen molar-refractivity contribution in [2.24, 2.45) is 41.4 Å². The summed E-state index contributed by atoms with van der Waals surface area (Å²) in [5.74, 6) is -1.14. The predicted molar refractivity (Wildman–Crippen MR) is 125 cm³/mol. The number of ketones is 1. The summed E-state index contributed by atoms with van der Waals surface area (Å²) >= 11 is 12.0. The summed E-state index contributed by atoms with van der Waals surface area (Å²) in [4.78, 5) is 40.5. The topological polar surface area (TPSA) is 54.5 Å². The smallest absolute Gasteiger partial charge is 0.238 e. The van der Waals surface area contributed by atoms with Gasteiger partial charge in [0.25, 0.3) is 0 Å². The second kappa shape index (κ2) is 7.02. The van der Waals surface area contributed by atoms with E-state index in [4.69, 9.17) is 23.2 Å². The predicted octanol–water partition coefficient (Wildman–Crippen LogP) is 5.68. The lowest BCUT2D eigenvalue weighted by molar-refractivity contribution is -0.124. The molecule has 6 aliphatic rings. The van der Waals surface area contributed by atoms with Crippen LogP contribution in [0.2, 0.25) is 10.0 Å². The van der Waals surface area contributed by atoms with Gasteiger partial charge in [-0.1, -0.05) is 41.4 Å². The maximum absolute atomic E-state index is 15.3. The first-order valence-corrected chi connectivity index (χ1v) is 12.4. The minimum Gasteiger partial charge on any atom is -0.294 e. The molecule has 4 nitrogen and oxygen atoms in total. The van der Waals surface area contributed by atoms with Gasteiger partial charge in [0.15, 0.2) is 5.78 Å². The average Bonchev–Trinajstić information content (AvgIpc) is 3.72. The fraction of sp³-hybridized carbons (Fsp3) is 0.370. The molecular weight excluding hydrogens is 476 g/mol. The molecule has 2 aromatic rings. The second-order valence-electron chi connectivity index (χ2n) is 10.3. The summed E-state index contributed by atoms with van der Waals surface area (Å²) in [5.41, 5.74) is 1.15. The van der Waals surface area contributed by atoms with Gasteiger partial charge >= 0.3 is 0 Å². The van der Waals surface area contributed by atoms with Crippen molar-refractivity contribution in [3.8, 4) is 0 Å². The number of amides is 2. The maximum atomic E-state index is 15.3. The normalized spacial score (nSPS) is 36.5. The molecule has 3 saturated carbocycles. The third kappa shape index (κ3) is 2.86. The molecule has 0 aromatic heterocycles. The Bertz CT molecular complexity index is 1280. The summed E-state index contributed by atoms with van der Waals surface area (Å²) in [7, 11) is 0. The number of anilines is 1. The second-order valence-corrected chi connectivity index (χ2v) is 11.2. The molecule has 2 amide bonds. The molecule has 172 valence electrons. The molecule has 2 bridgehead atoms. The number of rotatable bonds is 4. The van der Waals surface area contributed by atoms with Crippen LogP contribution >= 0.6 is 23.2 Å². The van der Waals surface area contributed by atoms with Gasteiger partial charge in [0.05, 0.1) is 17.5 Å². The fourth-order valence-corrected chi connectivity index (χ4v) is 7.42. The van der Waals surface area contributed by atoms with Crippen LogP contribution in [0.4, 0.5) is 10.1 Å². The van der Waals surface area contributed by atoms with Crippen LogP contribution in [0.25, 0.3) is 0 Å². The van der Waals surface area contributed by atoms with Crippen LogP contribution in [0.5, 0.6) is 0 Å². The highest BCUT2D eigenvalue weighted by atomic mass is 35.5. The summed E-state index contributed by atoms with van der Waals surface area (Å²) < 4.78 is 15.3. The first kappa shape index (κ1) is 20.8. The third-order valence-electron chi connectivity index (χ3n) is 8.58. The van der Waals surface area contributed by atoms with Crippen molar-refractivity contribution in [3.05, 3.63) is 75.5 Å². The van der Waals surface area contributed by atoms with E-state index >= 15 is 4.39 Å². The average molecular weight is 496 g/mol. The zero-order valence-electron chi connectivity index (χ0n) is 18.0. The number of carbonyl (C=O) groups excluding carboxylic acids is 3. The Labute approximate surface area is 205 Å². The lowest BCUT2D eigenvalue weighted by Gasteiger charge is -2.37. The van der Waals surface area contributed by atoms with E-state index in [1.807, 2.05) is 0 Å². The molecule has 0 spiro atoms. The lowest BCUT2D eigenvalue weighted by Crippen LogP contribution is -2.40. The SMILES string of the molecule is O=C(c1cc(Cl)cc(Cl)c1)C1CC1c1ccc(N2C(=O)[C@@H]3[C@@H]4C=CC([C@H]5CC54)[C@@H]3C2=O)c(F)c1. The van der Waals surface area contributed by atoms with Crippen molar-refractivity contribution in [2.75, 3.05) is 4.90 Å².